The molecule has 2 heterocycles. The molecule has 2 rings (SSSR count). The molecular weight excluding hydrogens is 228 g/mol. The van der Waals surface area contributed by atoms with Gasteiger partial charge < -0.3 is 5.73 Å². The van der Waals surface area contributed by atoms with Crippen LogP contribution in [0, 0.1) is 11.3 Å². The van der Waals surface area contributed by atoms with E-state index in [9.17, 15) is 0 Å². The van der Waals surface area contributed by atoms with Gasteiger partial charge in [0.05, 0.1) is 12.4 Å². The standard InChI is InChI=1S/C12H22N6/c1-9(2)18-11(15-8-16-18)7-17-5-3-4-10(6-17)12(13)14/h8-10H,3-7H2,1-2H3,(H3,13,14). The van der Waals surface area contributed by atoms with Crippen LogP contribution < -0.4 is 5.73 Å². The van der Waals surface area contributed by atoms with E-state index in [-0.39, 0.29) is 5.92 Å². The second-order valence-electron chi connectivity index (χ2n) is 5.24. The Hall–Kier alpha value is -1.43. The van der Waals surface area contributed by atoms with E-state index in [0.717, 1.165) is 38.3 Å². The van der Waals surface area contributed by atoms with Crippen LogP contribution in [0.2, 0.25) is 0 Å². The molecule has 1 aromatic rings. The predicted molar refractivity (Wildman–Crippen MR) is 70.3 cm³/mol. The Balaban J connectivity index is 2.00. The van der Waals surface area contributed by atoms with E-state index in [1.54, 1.807) is 6.33 Å². The van der Waals surface area contributed by atoms with Gasteiger partial charge in [-0.1, -0.05) is 0 Å². The van der Waals surface area contributed by atoms with Crippen molar-refractivity contribution in [2.75, 3.05) is 13.1 Å². The quantitative estimate of drug-likeness (QED) is 0.617. The second kappa shape index (κ2) is 5.48. The lowest BCUT2D eigenvalue weighted by atomic mass is 9.97. The molecule has 0 amide bonds. The van der Waals surface area contributed by atoms with Crippen LogP contribution >= 0.6 is 0 Å². The maximum atomic E-state index is 7.56. The Morgan fingerprint density at radius 1 is 1.61 bits per heavy atom. The highest BCUT2D eigenvalue weighted by Crippen LogP contribution is 2.18. The van der Waals surface area contributed by atoms with Crippen molar-refractivity contribution in [3.8, 4) is 0 Å². The van der Waals surface area contributed by atoms with Gasteiger partial charge >= 0.3 is 0 Å². The van der Waals surface area contributed by atoms with Crippen molar-refractivity contribution < 1.29 is 0 Å². The highest BCUT2D eigenvalue weighted by molar-refractivity contribution is 5.79. The average molecular weight is 250 g/mol. The van der Waals surface area contributed by atoms with Gasteiger partial charge in [-0.15, -0.1) is 0 Å². The number of nitrogens with two attached hydrogens (primary N) is 1. The Morgan fingerprint density at radius 2 is 2.39 bits per heavy atom. The van der Waals surface area contributed by atoms with Crippen LogP contribution in [0.15, 0.2) is 6.33 Å². The minimum absolute atomic E-state index is 0.203. The lowest BCUT2D eigenvalue weighted by molar-refractivity contribution is 0.187. The Morgan fingerprint density at radius 3 is 3.06 bits per heavy atom. The number of nitrogens with zero attached hydrogens (tertiary/aromatic N) is 4. The number of hydrogen-bond donors (Lipinski definition) is 2. The van der Waals surface area contributed by atoms with E-state index >= 15 is 0 Å². The van der Waals surface area contributed by atoms with Gasteiger partial charge in [0.1, 0.15) is 12.2 Å². The molecule has 0 aromatic carbocycles. The molecule has 1 saturated heterocycles. The van der Waals surface area contributed by atoms with Crippen molar-refractivity contribution in [2.24, 2.45) is 11.7 Å². The molecule has 100 valence electrons. The van der Waals surface area contributed by atoms with Crippen LogP contribution in [0.25, 0.3) is 0 Å². The van der Waals surface area contributed by atoms with E-state index in [1.165, 1.54) is 0 Å². The van der Waals surface area contributed by atoms with E-state index in [4.69, 9.17) is 11.1 Å². The van der Waals surface area contributed by atoms with Crippen molar-refractivity contribution in [1.29, 1.82) is 5.41 Å². The van der Waals surface area contributed by atoms with Gasteiger partial charge in [-0.25, -0.2) is 9.67 Å². The third kappa shape index (κ3) is 2.87. The van der Waals surface area contributed by atoms with Crippen molar-refractivity contribution in [2.45, 2.75) is 39.3 Å². The molecular formula is C12H22N6. The summed E-state index contributed by atoms with van der Waals surface area (Å²) in [5, 5.41) is 11.8. The summed E-state index contributed by atoms with van der Waals surface area (Å²) in [4.78, 5) is 6.64. The molecule has 3 N–H and O–H groups in total. The van der Waals surface area contributed by atoms with E-state index in [1.807, 2.05) is 4.68 Å². The Bertz CT molecular complexity index is 410. The van der Waals surface area contributed by atoms with E-state index < -0.39 is 0 Å². The molecule has 0 aliphatic carbocycles. The summed E-state index contributed by atoms with van der Waals surface area (Å²) in [5.41, 5.74) is 5.60. The summed E-state index contributed by atoms with van der Waals surface area (Å²) in [7, 11) is 0. The molecule has 18 heavy (non-hydrogen) atoms. The van der Waals surface area contributed by atoms with Crippen LogP contribution in [0.3, 0.4) is 0 Å². The number of aromatic nitrogens is 3. The fourth-order valence-electron chi connectivity index (χ4n) is 2.47. The number of piperidine rings is 1. The number of amidine groups is 1. The third-order valence-electron chi connectivity index (χ3n) is 3.45. The van der Waals surface area contributed by atoms with Gasteiger partial charge in [0.25, 0.3) is 0 Å². The first-order valence-corrected chi connectivity index (χ1v) is 6.52. The molecule has 1 aliphatic rings. The van der Waals surface area contributed by atoms with Gasteiger partial charge in [-0.2, -0.15) is 5.10 Å². The largest absolute Gasteiger partial charge is 0.387 e. The first kappa shape index (κ1) is 13.0. The third-order valence-corrected chi connectivity index (χ3v) is 3.45. The summed E-state index contributed by atoms with van der Waals surface area (Å²) in [6.07, 6.45) is 3.74. The molecule has 0 bridgehead atoms. The van der Waals surface area contributed by atoms with Gasteiger partial charge in [-0.05, 0) is 33.2 Å². The first-order valence-electron chi connectivity index (χ1n) is 6.52. The van der Waals surface area contributed by atoms with Gasteiger partial charge in [-0.3, -0.25) is 10.3 Å². The zero-order chi connectivity index (χ0) is 13.1. The summed E-state index contributed by atoms with van der Waals surface area (Å²) in [6, 6.07) is 0.330. The van der Waals surface area contributed by atoms with Crippen molar-refractivity contribution in [3.63, 3.8) is 0 Å². The topological polar surface area (TPSA) is 83.8 Å². The normalized spacial score (nSPS) is 21.4. The minimum Gasteiger partial charge on any atom is -0.387 e. The predicted octanol–water partition coefficient (Wildman–Crippen LogP) is 1.01. The summed E-state index contributed by atoms with van der Waals surface area (Å²) in [6.45, 7) is 6.91. The molecule has 0 radical (unpaired) electrons. The smallest absolute Gasteiger partial charge is 0.141 e. The number of rotatable bonds is 4. The number of hydrogen-bond acceptors (Lipinski definition) is 4. The lowest BCUT2D eigenvalue weighted by Gasteiger charge is -2.31. The van der Waals surface area contributed by atoms with Crippen LogP contribution in [0.4, 0.5) is 0 Å². The first-order chi connectivity index (χ1) is 8.58. The van der Waals surface area contributed by atoms with Crippen LogP contribution in [0.1, 0.15) is 38.6 Å². The average Bonchev–Trinajstić information content (AvgIpc) is 2.77. The summed E-state index contributed by atoms with van der Waals surface area (Å²) >= 11 is 0. The number of likely N-dealkylation sites (tertiary alicyclic amines) is 1. The van der Waals surface area contributed by atoms with Gasteiger partial charge in [0.15, 0.2) is 0 Å². The van der Waals surface area contributed by atoms with E-state index in [2.05, 4.69) is 28.8 Å². The molecule has 1 unspecified atom stereocenters. The highest BCUT2D eigenvalue weighted by atomic mass is 15.4. The maximum Gasteiger partial charge on any atom is 0.141 e. The van der Waals surface area contributed by atoms with Crippen LogP contribution in [0.5, 0.6) is 0 Å². The molecule has 1 atom stereocenters. The fraction of sp³-hybridized carbons (Fsp3) is 0.750. The van der Waals surface area contributed by atoms with Crippen molar-refractivity contribution in [3.05, 3.63) is 12.2 Å². The van der Waals surface area contributed by atoms with Crippen molar-refractivity contribution in [1.82, 2.24) is 19.7 Å². The molecule has 1 aliphatic heterocycles. The lowest BCUT2D eigenvalue weighted by Crippen LogP contribution is -2.40. The molecule has 1 aromatic heterocycles. The minimum atomic E-state index is 0.203. The van der Waals surface area contributed by atoms with Gasteiger partial charge in [0, 0.05) is 18.5 Å². The highest BCUT2D eigenvalue weighted by Gasteiger charge is 2.23. The molecule has 1 fully saturated rings. The zero-order valence-electron chi connectivity index (χ0n) is 11.1. The van der Waals surface area contributed by atoms with E-state index in [0.29, 0.717) is 11.9 Å². The molecule has 6 heteroatoms. The molecule has 0 saturated carbocycles. The molecule has 0 spiro atoms. The van der Waals surface area contributed by atoms with Gasteiger partial charge in [0.2, 0.25) is 0 Å². The Kier molecular flexibility index (Phi) is 3.96. The second-order valence-corrected chi connectivity index (χ2v) is 5.24. The van der Waals surface area contributed by atoms with Crippen LogP contribution in [-0.2, 0) is 6.54 Å². The SMILES string of the molecule is CC(C)n1ncnc1CN1CCCC(C(=N)N)C1. The number of nitrogens with one attached hydrogen (secondary N) is 1. The zero-order valence-corrected chi connectivity index (χ0v) is 11.1. The maximum absolute atomic E-state index is 7.56. The Labute approximate surface area is 108 Å². The van der Waals surface area contributed by atoms with Crippen LogP contribution in [-0.4, -0.2) is 38.6 Å². The van der Waals surface area contributed by atoms with Crippen molar-refractivity contribution >= 4 is 5.84 Å². The summed E-state index contributed by atoms with van der Waals surface area (Å²) in [5.74, 6) is 1.51. The molecule has 6 nitrogen and oxygen atoms in total. The fourth-order valence-corrected chi connectivity index (χ4v) is 2.47. The summed E-state index contributed by atoms with van der Waals surface area (Å²) < 4.78 is 1.96. The monoisotopic (exact) mass is 250 g/mol.